The van der Waals surface area contributed by atoms with Crippen molar-refractivity contribution in [2.45, 2.75) is 38.5 Å². The third-order valence-electron chi connectivity index (χ3n) is 4.26. The first-order chi connectivity index (χ1) is 9.18. The zero-order valence-electron chi connectivity index (χ0n) is 12.0. The van der Waals surface area contributed by atoms with Gasteiger partial charge in [0, 0.05) is 12.2 Å². The summed E-state index contributed by atoms with van der Waals surface area (Å²) >= 11 is 0. The van der Waals surface area contributed by atoms with Gasteiger partial charge in [-0.25, -0.2) is 17.5 Å². The van der Waals surface area contributed by atoms with Crippen molar-refractivity contribution in [2.75, 3.05) is 12.3 Å². The highest BCUT2D eigenvalue weighted by molar-refractivity contribution is 7.89. The molecule has 2 rings (SSSR count). The van der Waals surface area contributed by atoms with E-state index in [9.17, 15) is 12.8 Å². The molecule has 112 valence electrons. The molecular weight excluding hydrogens is 279 g/mol. The van der Waals surface area contributed by atoms with E-state index < -0.39 is 15.8 Å². The summed E-state index contributed by atoms with van der Waals surface area (Å²) in [7, 11) is -3.87. The highest BCUT2D eigenvalue weighted by Crippen LogP contribution is 2.51. The Balaban J connectivity index is 2.23. The maximum Gasteiger partial charge on any atom is 0.243 e. The minimum Gasteiger partial charge on any atom is -0.399 e. The molecule has 4 nitrogen and oxygen atoms in total. The van der Waals surface area contributed by atoms with Crippen molar-refractivity contribution in [2.24, 2.45) is 11.3 Å². The first-order valence-corrected chi connectivity index (χ1v) is 8.21. The molecule has 0 atom stereocenters. The molecule has 0 heterocycles. The summed E-state index contributed by atoms with van der Waals surface area (Å²) in [6, 6.07) is 2.59. The minimum absolute atomic E-state index is 0.0267. The first-order valence-electron chi connectivity index (χ1n) is 6.73. The van der Waals surface area contributed by atoms with E-state index in [0.717, 1.165) is 12.8 Å². The van der Waals surface area contributed by atoms with Crippen LogP contribution in [0.1, 0.15) is 32.3 Å². The molecule has 1 saturated carbocycles. The maximum atomic E-state index is 14.0. The van der Waals surface area contributed by atoms with Crippen LogP contribution < -0.4 is 10.5 Å². The number of nitrogen functional groups attached to an aromatic ring is 1. The van der Waals surface area contributed by atoms with Gasteiger partial charge in [-0.05, 0) is 48.8 Å². The molecule has 1 aliphatic carbocycles. The Bertz CT molecular complexity index is 622. The summed E-state index contributed by atoms with van der Waals surface area (Å²) in [4.78, 5) is -0.366. The minimum atomic E-state index is -3.87. The molecule has 0 amide bonds. The number of nitrogens with two attached hydrogens (primary N) is 1. The van der Waals surface area contributed by atoms with Gasteiger partial charge in [-0.2, -0.15) is 0 Å². The van der Waals surface area contributed by atoms with Gasteiger partial charge in [0.05, 0.1) is 0 Å². The molecule has 1 fully saturated rings. The Morgan fingerprint density at radius 3 is 2.50 bits per heavy atom. The van der Waals surface area contributed by atoms with Crippen molar-refractivity contribution in [3.8, 4) is 0 Å². The van der Waals surface area contributed by atoms with Gasteiger partial charge < -0.3 is 5.73 Å². The van der Waals surface area contributed by atoms with Crippen molar-refractivity contribution < 1.29 is 12.8 Å². The van der Waals surface area contributed by atoms with Crippen LogP contribution in [0.25, 0.3) is 0 Å². The number of halogens is 1. The third kappa shape index (κ3) is 2.81. The van der Waals surface area contributed by atoms with Crippen molar-refractivity contribution in [1.82, 2.24) is 4.72 Å². The summed E-state index contributed by atoms with van der Waals surface area (Å²) in [6.45, 7) is 6.00. The van der Waals surface area contributed by atoms with Gasteiger partial charge in [-0.3, -0.25) is 0 Å². The topological polar surface area (TPSA) is 72.2 Å². The number of aryl methyl sites for hydroxylation is 1. The number of hydrogen-bond acceptors (Lipinski definition) is 3. The molecule has 0 spiro atoms. The fourth-order valence-corrected chi connectivity index (χ4v) is 3.72. The summed E-state index contributed by atoms with van der Waals surface area (Å²) in [5, 5.41) is 0. The zero-order valence-corrected chi connectivity index (χ0v) is 12.8. The molecule has 20 heavy (non-hydrogen) atoms. The fraction of sp³-hybridized carbons (Fsp3) is 0.571. The van der Waals surface area contributed by atoms with Gasteiger partial charge in [-0.15, -0.1) is 0 Å². The lowest BCUT2D eigenvalue weighted by Crippen LogP contribution is -2.33. The average molecular weight is 300 g/mol. The molecule has 0 aromatic heterocycles. The zero-order chi connectivity index (χ0) is 15.1. The van der Waals surface area contributed by atoms with E-state index in [2.05, 4.69) is 18.6 Å². The monoisotopic (exact) mass is 300 g/mol. The number of benzene rings is 1. The van der Waals surface area contributed by atoms with Gasteiger partial charge in [0.1, 0.15) is 10.7 Å². The number of sulfonamides is 1. The van der Waals surface area contributed by atoms with E-state index in [4.69, 9.17) is 5.73 Å². The number of rotatable bonds is 5. The molecule has 0 radical (unpaired) electrons. The number of nitrogens with one attached hydrogen (secondary N) is 1. The Morgan fingerprint density at radius 1 is 1.40 bits per heavy atom. The van der Waals surface area contributed by atoms with Crippen LogP contribution in [0.3, 0.4) is 0 Å². The maximum absolute atomic E-state index is 14.0. The van der Waals surface area contributed by atoms with Gasteiger partial charge in [0.15, 0.2) is 0 Å². The molecule has 0 bridgehead atoms. The van der Waals surface area contributed by atoms with Crippen LogP contribution in [0.2, 0.25) is 0 Å². The highest BCUT2D eigenvalue weighted by Gasteiger charge is 2.45. The lowest BCUT2D eigenvalue weighted by Gasteiger charge is -2.20. The molecule has 0 aliphatic heterocycles. The van der Waals surface area contributed by atoms with Gasteiger partial charge in [-0.1, -0.05) is 13.8 Å². The predicted octanol–water partition coefficient (Wildman–Crippen LogP) is 2.43. The highest BCUT2D eigenvalue weighted by atomic mass is 32.2. The van der Waals surface area contributed by atoms with Gasteiger partial charge in [0.2, 0.25) is 10.0 Å². The molecule has 0 saturated heterocycles. The molecule has 6 heteroatoms. The van der Waals surface area contributed by atoms with Crippen LogP contribution in [0.15, 0.2) is 17.0 Å². The Morgan fingerprint density at radius 2 is 2.00 bits per heavy atom. The lowest BCUT2D eigenvalue weighted by molar-refractivity contribution is 0.357. The van der Waals surface area contributed by atoms with E-state index in [1.54, 1.807) is 0 Å². The Labute approximate surface area is 119 Å². The largest absolute Gasteiger partial charge is 0.399 e. The Kier molecular flexibility index (Phi) is 3.81. The van der Waals surface area contributed by atoms with E-state index in [1.165, 1.54) is 19.1 Å². The van der Waals surface area contributed by atoms with Crippen molar-refractivity contribution in [1.29, 1.82) is 0 Å². The van der Waals surface area contributed by atoms with Crippen molar-refractivity contribution in [3.05, 3.63) is 23.5 Å². The van der Waals surface area contributed by atoms with Crippen molar-refractivity contribution in [3.63, 3.8) is 0 Å². The third-order valence-corrected chi connectivity index (χ3v) is 5.66. The van der Waals surface area contributed by atoms with E-state index >= 15 is 0 Å². The van der Waals surface area contributed by atoms with Crippen LogP contribution >= 0.6 is 0 Å². The molecule has 1 aromatic rings. The summed E-state index contributed by atoms with van der Waals surface area (Å²) in [5.74, 6) is -0.335. The van der Waals surface area contributed by atoms with E-state index in [0.29, 0.717) is 12.5 Å². The normalized spacial score (nSPS) is 17.4. The fourth-order valence-electron chi connectivity index (χ4n) is 2.39. The standard InChI is InChI=1S/C14H21FN2O2S/c1-9(2)14(4-5-14)8-17-20(18,19)12-7-11(16)6-10(3)13(12)15/h6-7,9,17H,4-5,8,16H2,1-3H3. The summed E-state index contributed by atoms with van der Waals surface area (Å²) in [6.07, 6.45) is 2.01. The van der Waals surface area contributed by atoms with Crippen LogP contribution in [0.5, 0.6) is 0 Å². The molecular formula is C14H21FN2O2S. The molecule has 1 aromatic carbocycles. The van der Waals surface area contributed by atoms with Crippen LogP contribution in [-0.2, 0) is 10.0 Å². The molecule has 3 N–H and O–H groups in total. The number of anilines is 1. The summed E-state index contributed by atoms with van der Waals surface area (Å²) < 4.78 is 41.0. The Hall–Kier alpha value is -1.14. The average Bonchev–Trinajstić information content (AvgIpc) is 3.12. The number of hydrogen-bond donors (Lipinski definition) is 2. The molecule has 0 unspecified atom stereocenters. The van der Waals surface area contributed by atoms with Crippen LogP contribution in [-0.4, -0.2) is 15.0 Å². The van der Waals surface area contributed by atoms with E-state index in [-0.39, 0.29) is 21.6 Å². The molecule has 1 aliphatic rings. The second kappa shape index (κ2) is 5.00. The summed E-state index contributed by atoms with van der Waals surface area (Å²) in [5.41, 5.74) is 6.11. The van der Waals surface area contributed by atoms with Gasteiger partial charge >= 0.3 is 0 Å². The van der Waals surface area contributed by atoms with Gasteiger partial charge in [0.25, 0.3) is 0 Å². The predicted molar refractivity (Wildman–Crippen MR) is 77.2 cm³/mol. The lowest BCUT2D eigenvalue weighted by atomic mass is 9.93. The quantitative estimate of drug-likeness (QED) is 0.820. The van der Waals surface area contributed by atoms with Crippen LogP contribution in [0.4, 0.5) is 10.1 Å². The first kappa shape index (κ1) is 15.3. The second-order valence-corrected chi connectivity index (χ2v) is 7.73. The second-order valence-electron chi connectivity index (χ2n) is 5.99. The van der Waals surface area contributed by atoms with E-state index in [1.807, 2.05) is 0 Å². The van der Waals surface area contributed by atoms with Crippen LogP contribution in [0, 0.1) is 24.1 Å². The van der Waals surface area contributed by atoms with Crippen molar-refractivity contribution >= 4 is 15.7 Å². The smallest absolute Gasteiger partial charge is 0.243 e. The SMILES string of the molecule is Cc1cc(N)cc(S(=O)(=O)NCC2(C(C)C)CC2)c1F.